The number of benzene rings is 1. The second-order valence-electron chi connectivity index (χ2n) is 3.53. The van der Waals surface area contributed by atoms with E-state index in [2.05, 4.69) is 15.0 Å². The number of nitrogens with zero attached hydrogens (tertiary/aromatic N) is 2. The average Bonchev–Trinajstić information content (AvgIpc) is 2.79. The number of para-hydroxylation sites is 1. The zero-order valence-electron chi connectivity index (χ0n) is 8.68. The molecule has 3 aromatic rings. The van der Waals surface area contributed by atoms with Crippen molar-refractivity contribution in [3.63, 3.8) is 0 Å². The maximum Gasteiger partial charge on any atom is 0.334 e. The van der Waals surface area contributed by atoms with Crippen LogP contribution in [0.1, 0.15) is 0 Å². The van der Waals surface area contributed by atoms with Gasteiger partial charge < -0.3 is 4.98 Å². The number of rotatable bonds is 1. The molecule has 0 aliphatic rings. The van der Waals surface area contributed by atoms with Crippen LogP contribution in [0.2, 0.25) is 0 Å². The van der Waals surface area contributed by atoms with Gasteiger partial charge in [0.15, 0.2) is 11.2 Å². The van der Waals surface area contributed by atoms with Crippen molar-refractivity contribution < 1.29 is 0 Å². The van der Waals surface area contributed by atoms with Crippen molar-refractivity contribution in [1.29, 1.82) is 0 Å². The van der Waals surface area contributed by atoms with Gasteiger partial charge in [-0.25, -0.2) is 14.3 Å². The molecule has 0 radical (unpaired) electrons. The molecule has 2 heterocycles. The highest BCUT2D eigenvalue weighted by molar-refractivity contribution is 5.70. The molecule has 0 saturated carbocycles. The molecule has 0 fully saturated rings. The van der Waals surface area contributed by atoms with Crippen molar-refractivity contribution >= 4 is 11.2 Å². The van der Waals surface area contributed by atoms with Gasteiger partial charge in [0.1, 0.15) is 0 Å². The molecule has 2 N–H and O–H groups in total. The SMILES string of the molecule is O=c1[nH]c(=O)n(-c2ccccc2)c2[nH]cnc12. The maximum absolute atomic E-state index is 11.8. The van der Waals surface area contributed by atoms with E-state index < -0.39 is 11.2 Å². The molecule has 0 atom stereocenters. The average molecular weight is 228 g/mol. The van der Waals surface area contributed by atoms with E-state index in [-0.39, 0.29) is 5.52 Å². The Bertz CT molecular complexity index is 782. The largest absolute Gasteiger partial charge is 0.334 e. The van der Waals surface area contributed by atoms with Crippen LogP contribution in [0.3, 0.4) is 0 Å². The van der Waals surface area contributed by atoms with Crippen LogP contribution in [0, 0.1) is 0 Å². The zero-order chi connectivity index (χ0) is 11.8. The molecule has 2 aromatic heterocycles. The van der Waals surface area contributed by atoms with E-state index in [1.165, 1.54) is 10.9 Å². The first-order valence-corrected chi connectivity index (χ1v) is 5.01. The molecule has 0 bridgehead atoms. The van der Waals surface area contributed by atoms with Gasteiger partial charge in [0.25, 0.3) is 5.56 Å². The molecule has 6 heteroatoms. The monoisotopic (exact) mass is 228 g/mol. The summed E-state index contributed by atoms with van der Waals surface area (Å²) in [6.07, 6.45) is 1.39. The zero-order valence-corrected chi connectivity index (χ0v) is 8.68. The third kappa shape index (κ3) is 1.38. The normalized spacial score (nSPS) is 10.8. The van der Waals surface area contributed by atoms with Gasteiger partial charge in [-0.2, -0.15) is 0 Å². The van der Waals surface area contributed by atoms with E-state index in [9.17, 15) is 9.59 Å². The van der Waals surface area contributed by atoms with Gasteiger partial charge in [-0.15, -0.1) is 0 Å². The smallest absolute Gasteiger partial charge is 0.330 e. The lowest BCUT2D eigenvalue weighted by Crippen LogP contribution is -2.29. The molecule has 1 aromatic carbocycles. The topological polar surface area (TPSA) is 83.5 Å². The van der Waals surface area contributed by atoms with Crippen LogP contribution in [-0.4, -0.2) is 19.5 Å². The Kier molecular flexibility index (Phi) is 1.94. The van der Waals surface area contributed by atoms with Gasteiger partial charge in [-0.1, -0.05) is 18.2 Å². The summed E-state index contributed by atoms with van der Waals surface area (Å²) in [5.41, 5.74) is 0.304. The number of aromatic nitrogens is 4. The van der Waals surface area contributed by atoms with Gasteiger partial charge in [-0.05, 0) is 12.1 Å². The van der Waals surface area contributed by atoms with E-state index in [0.717, 1.165) is 0 Å². The summed E-state index contributed by atoms with van der Waals surface area (Å²) in [5, 5.41) is 0. The number of imidazole rings is 1. The molecule has 0 saturated heterocycles. The third-order valence-corrected chi connectivity index (χ3v) is 2.50. The van der Waals surface area contributed by atoms with Crippen molar-refractivity contribution in [2.75, 3.05) is 0 Å². The molecule has 0 aliphatic carbocycles. The highest BCUT2D eigenvalue weighted by Gasteiger charge is 2.10. The van der Waals surface area contributed by atoms with Crippen LogP contribution in [-0.2, 0) is 0 Å². The summed E-state index contributed by atoms with van der Waals surface area (Å²) < 4.78 is 1.38. The fraction of sp³-hybridized carbons (Fsp3) is 0. The summed E-state index contributed by atoms with van der Waals surface area (Å²) in [5.74, 6) is 0. The third-order valence-electron chi connectivity index (χ3n) is 2.50. The minimum absolute atomic E-state index is 0.216. The molecule has 0 amide bonds. The van der Waals surface area contributed by atoms with Crippen LogP contribution < -0.4 is 11.2 Å². The molecule has 84 valence electrons. The van der Waals surface area contributed by atoms with Crippen molar-refractivity contribution in [1.82, 2.24) is 19.5 Å². The van der Waals surface area contributed by atoms with Crippen LogP contribution in [0.5, 0.6) is 0 Å². The predicted octanol–water partition coefficient (Wildman–Crippen LogP) is 0.402. The van der Waals surface area contributed by atoms with Crippen molar-refractivity contribution in [2.45, 2.75) is 0 Å². The molecule has 0 spiro atoms. The summed E-state index contributed by atoms with van der Waals surface area (Å²) in [7, 11) is 0. The number of aromatic amines is 2. The lowest BCUT2D eigenvalue weighted by molar-refractivity contribution is 0.930. The second kappa shape index (κ2) is 3.44. The van der Waals surface area contributed by atoms with Crippen molar-refractivity contribution in [2.24, 2.45) is 0 Å². The molecule has 3 rings (SSSR count). The summed E-state index contributed by atoms with van der Waals surface area (Å²) >= 11 is 0. The highest BCUT2D eigenvalue weighted by atomic mass is 16.2. The molecule has 0 aliphatic heterocycles. The van der Waals surface area contributed by atoms with Crippen LogP contribution in [0.25, 0.3) is 16.9 Å². The first kappa shape index (κ1) is 9.59. The highest BCUT2D eigenvalue weighted by Crippen LogP contribution is 2.08. The van der Waals surface area contributed by atoms with E-state index in [1.54, 1.807) is 12.1 Å². The van der Waals surface area contributed by atoms with Gasteiger partial charge in [-0.3, -0.25) is 9.78 Å². The Morgan fingerprint density at radius 1 is 1.12 bits per heavy atom. The first-order chi connectivity index (χ1) is 8.27. The van der Waals surface area contributed by atoms with Gasteiger partial charge in [0.2, 0.25) is 0 Å². The lowest BCUT2D eigenvalue weighted by Gasteiger charge is -2.05. The Morgan fingerprint density at radius 3 is 2.65 bits per heavy atom. The van der Waals surface area contributed by atoms with E-state index in [0.29, 0.717) is 11.3 Å². The fourth-order valence-electron chi connectivity index (χ4n) is 1.76. The molecular weight excluding hydrogens is 220 g/mol. The molecule has 6 nitrogen and oxygen atoms in total. The minimum Gasteiger partial charge on any atom is -0.330 e. The van der Waals surface area contributed by atoms with Crippen LogP contribution in [0.4, 0.5) is 0 Å². The Balaban J connectivity index is 2.49. The number of hydrogen-bond donors (Lipinski definition) is 2. The quantitative estimate of drug-likeness (QED) is 0.632. The summed E-state index contributed by atoms with van der Waals surface area (Å²) in [4.78, 5) is 32.2. The van der Waals surface area contributed by atoms with Gasteiger partial charge in [0.05, 0.1) is 12.0 Å². The molecule has 17 heavy (non-hydrogen) atoms. The Morgan fingerprint density at radius 2 is 1.88 bits per heavy atom. The summed E-state index contributed by atoms with van der Waals surface area (Å²) in [6, 6.07) is 9.04. The second-order valence-corrected chi connectivity index (χ2v) is 3.53. The van der Waals surface area contributed by atoms with E-state index in [4.69, 9.17) is 0 Å². The van der Waals surface area contributed by atoms with Gasteiger partial charge in [0, 0.05) is 0 Å². The fourth-order valence-corrected chi connectivity index (χ4v) is 1.76. The van der Waals surface area contributed by atoms with Crippen LogP contribution in [0.15, 0.2) is 46.2 Å². The van der Waals surface area contributed by atoms with E-state index in [1.807, 2.05) is 18.2 Å². The van der Waals surface area contributed by atoms with Crippen LogP contribution >= 0.6 is 0 Å². The summed E-state index contributed by atoms with van der Waals surface area (Å²) in [6.45, 7) is 0. The Hall–Kier alpha value is -2.63. The standard InChI is InChI=1S/C11H8N4O2/c16-10-8-9(13-6-12-8)15(11(17)14-10)7-4-2-1-3-5-7/h1-6H,(H,12,13)(H,14,16,17). The van der Waals surface area contributed by atoms with Crippen molar-refractivity contribution in [3.05, 3.63) is 57.5 Å². The number of fused-ring (bicyclic) bond motifs is 1. The molecular formula is C11H8N4O2. The number of hydrogen-bond acceptors (Lipinski definition) is 3. The maximum atomic E-state index is 11.8. The first-order valence-electron chi connectivity index (χ1n) is 5.01. The van der Waals surface area contributed by atoms with Gasteiger partial charge >= 0.3 is 5.69 Å². The number of H-pyrrole nitrogens is 2. The van der Waals surface area contributed by atoms with Crippen molar-refractivity contribution in [3.8, 4) is 5.69 Å². The predicted molar refractivity (Wildman–Crippen MR) is 62.3 cm³/mol. The number of nitrogens with one attached hydrogen (secondary N) is 2. The lowest BCUT2D eigenvalue weighted by atomic mass is 10.3. The Labute approximate surface area is 94.6 Å². The molecule has 0 unspecified atom stereocenters. The van der Waals surface area contributed by atoms with E-state index >= 15 is 0 Å². The minimum atomic E-state index is -0.488.